The highest BCUT2D eigenvalue weighted by Gasteiger charge is 2.16. The van der Waals surface area contributed by atoms with Crippen molar-refractivity contribution < 1.29 is 4.74 Å². The topological polar surface area (TPSA) is 51.1 Å². The van der Waals surface area contributed by atoms with Crippen LogP contribution in [-0.2, 0) is 4.74 Å². The van der Waals surface area contributed by atoms with Crippen LogP contribution in [0.5, 0.6) is 0 Å². The predicted octanol–water partition coefficient (Wildman–Crippen LogP) is 3.70. The summed E-state index contributed by atoms with van der Waals surface area (Å²) in [7, 11) is 0. The van der Waals surface area contributed by atoms with Crippen molar-refractivity contribution in [2.24, 2.45) is 0 Å². The summed E-state index contributed by atoms with van der Waals surface area (Å²) in [6.07, 6.45) is 3.53. The Morgan fingerprint density at radius 3 is 2.48 bits per heavy atom. The molecular weight excluding hydrogens is 336 g/mol. The number of morpholine rings is 1. The van der Waals surface area contributed by atoms with Gasteiger partial charge in [0.1, 0.15) is 5.82 Å². The van der Waals surface area contributed by atoms with Gasteiger partial charge in [-0.25, -0.2) is 9.97 Å². The average Bonchev–Trinajstić information content (AvgIpc) is 2.69. The molecule has 0 bridgehead atoms. The molecule has 3 heterocycles. The SMILES string of the molecule is Clc1ccc(-c2cc(N3CCOCC3)nc(-c3cccnc3)n2)cc1. The maximum absolute atomic E-state index is 6.02. The maximum atomic E-state index is 6.02. The number of aromatic nitrogens is 3. The van der Waals surface area contributed by atoms with Crippen LogP contribution >= 0.6 is 11.6 Å². The Bertz CT molecular complexity index is 849. The molecule has 0 amide bonds. The largest absolute Gasteiger partial charge is 0.378 e. The fourth-order valence-electron chi connectivity index (χ4n) is 2.78. The first-order valence-corrected chi connectivity index (χ1v) is 8.55. The Morgan fingerprint density at radius 2 is 1.76 bits per heavy atom. The molecule has 0 N–H and O–H groups in total. The van der Waals surface area contributed by atoms with E-state index in [9.17, 15) is 0 Å². The van der Waals surface area contributed by atoms with E-state index in [1.165, 1.54) is 0 Å². The molecule has 0 atom stereocenters. The zero-order valence-electron chi connectivity index (χ0n) is 13.6. The lowest BCUT2D eigenvalue weighted by molar-refractivity contribution is 0.122. The van der Waals surface area contributed by atoms with Crippen LogP contribution in [0.15, 0.2) is 54.9 Å². The molecule has 0 radical (unpaired) electrons. The molecule has 5 nitrogen and oxygen atoms in total. The van der Waals surface area contributed by atoms with Crippen molar-refractivity contribution in [2.75, 3.05) is 31.2 Å². The lowest BCUT2D eigenvalue weighted by Gasteiger charge is -2.28. The van der Waals surface area contributed by atoms with E-state index in [4.69, 9.17) is 26.3 Å². The van der Waals surface area contributed by atoms with E-state index >= 15 is 0 Å². The fourth-order valence-corrected chi connectivity index (χ4v) is 2.91. The highest BCUT2D eigenvalue weighted by Crippen LogP contribution is 2.27. The summed E-state index contributed by atoms with van der Waals surface area (Å²) in [5, 5.41) is 0.707. The molecule has 0 aliphatic carbocycles. The molecule has 0 spiro atoms. The molecule has 126 valence electrons. The summed E-state index contributed by atoms with van der Waals surface area (Å²) in [5.74, 6) is 1.57. The Morgan fingerprint density at radius 1 is 0.960 bits per heavy atom. The number of rotatable bonds is 3. The molecule has 2 aromatic heterocycles. The zero-order chi connectivity index (χ0) is 17.1. The third-order valence-corrected chi connectivity index (χ3v) is 4.36. The molecular formula is C19H17ClN4O. The van der Waals surface area contributed by atoms with E-state index in [0.29, 0.717) is 24.1 Å². The number of ether oxygens (including phenoxy) is 1. The van der Waals surface area contributed by atoms with Crippen LogP contribution in [0.25, 0.3) is 22.6 Å². The molecule has 3 aromatic rings. The van der Waals surface area contributed by atoms with Crippen molar-refractivity contribution in [3.8, 4) is 22.6 Å². The third kappa shape index (κ3) is 3.62. The second-order valence-electron chi connectivity index (χ2n) is 5.78. The Labute approximate surface area is 151 Å². The van der Waals surface area contributed by atoms with Gasteiger partial charge in [0.2, 0.25) is 0 Å². The van der Waals surface area contributed by atoms with Gasteiger partial charge in [-0.1, -0.05) is 23.7 Å². The first-order chi connectivity index (χ1) is 12.3. The van der Waals surface area contributed by atoms with E-state index < -0.39 is 0 Å². The number of benzene rings is 1. The van der Waals surface area contributed by atoms with E-state index in [0.717, 1.165) is 35.7 Å². The summed E-state index contributed by atoms with van der Waals surface area (Å²) in [4.78, 5) is 15.9. The molecule has 0 saturated carbocycles. The van der Waals surface area contributed by atoms with Gasteiger partial charge in [0.15, 0.2) is 5.82 Å². The second kappa shape index (κ2) is 7.17. The van der Waals surface area contributed by atoms with Crippen molar-refractivity contribution in [1.29, 1.82) is 0 Å². The summed E-state index contributed by atoms with van der Waals surface area (Å²) in [5.41, 5.74) is 2.77. The van der Waals surface area contributed by atoms with Crippen LogP contribution in [0.4, 0.5) is 5.82 Å². The van der Waals surface area contributed by atoms with Gasteiger partial charge >= 0.3 is 0 Å². The Balaban J connectivity index is 1.81. The summed E-state index contributed by atoms with van der Waals surface area (Å²) in [6, 6.07) is 13.6. The maximum Gasteiger partial charge on any atom is 0.163 e. The monoisotopic (exact) mass is 352 g/mol. The van der Waals surface area contributed by atoms with Crippen molar-refractivity contribution in [3.05, 3.63) is 59.9 Å². The minimum atomic E-state index is 0.669. The molecule has 1 fully saturated rings. The first kappa shape index (κ1) is 16.0. The predicted molar refractivity (Wildman–Crippen MR) is 98.7 cm³/mol. The van der Waals surface area contributed by atoms with Crippen molar-refractivity contribution in [1.82, 2.24) is 15.0 Å². The molecule has 4 rings (SSSR count). The summed E-state index contributed by atoms with van der Waals surface area (Å²) in [6.45, 7) is 3.07. The minimum absolute atomic E-state index is 0.669. The van der Waals surface area contributed by atoms with Crippen LogP contribution in [-0.4, -0.2) is 41.3 Å². The zero-order valence-corrected chi connectivity index (χ0v) is 14.4. The Hall–Kier alpha value is -2.50. The van der Waals surface area contributed by atoms with Crippen molar-refractivity contribution >= 4 is 17.4 Å². The fraction of sp³-hybridized carbons (Fsp3) is 0.211. The van der Waals surface area contributed by atoms with Gasteiger partial charge in [0.25, 0.3) is 0 Å². The standard InChI is InChI=1S/C19H17ClN4O/c20-16-5-3-14(4-6-16)17-12-18(24-8-10-25-11-9-24)23-19(22-17)15-2-1-7-21-13-15/h1-7,12-13H,8-11H2. The number of hydrogen-bond donors (Lipinski definition) is 0. The highest BCUT2D eigenvalue weighted by molar-refractivity contribution is 6.30. The number of nitrogens with zero attached hydrogens (tertiary/aromatic N) is 4. The van der Waals surface area contributed by atoms with E-state index in [1.54, 1.807) is 12.4 Å². The summed E-state index contributed by atoms with van der Waals surface area (Å²) < 4.78 is 5.45. The number of pyridine rings is 1. The molecule has 1 aromatic carbocycles. The molecule has 1 aliphatic heterocycles. The van der Waals surface area contributed by atoms with Gasteiger partial charge in [-0.2, -0.15) is 0 Å². The average molecular weight is 353 g/mol. The molecule has 25 heavy (non-hydrogen) atoms. The minimum Gasteiger partial charge on any atom is -0.378 e. The second-order valence-corrected chi connectivity index (χ2v) is 6.22. The third-order valence-electron chi connectivity index (χ3n) is 4.11. The van der Waals surface area contributed by atoms with Gasteiger partial charge in [0, 0.05) is 47.7 Å². The van der Waals surface area contributed by atoms with Crippen molar-refractivity contribution in [2.45, 2.75) is 0 Å². The quantitative estimate of drug-likeness (QED) is 0.719. The van der Waals surface area contributed by atoms with E-state index in [1.807, 2.05) is 42.5 Å². The van der Waals surface area contributed by atoms with Gasteiger partial charge in [-0.15, -0.1) is 0 Å². The van der Waals surface area contributed by atoms with Crippen LogP contribution in [0.1, 0.15) is 0 Å². The smallest absolute Gasteiger partial charge is 0.163 e. The van der Waals surface area contributed by atoms with Gasteiger partial charge in [-0.3, -0.25) is 4.98 Å². The van der Waals surface area contributed by atoms with E-state index in [-0.39, 0.29) is 0 Å². The van der Waals surface area contributed by atoms with Gasteiger partial charge in [-0.05, 0) is 24.3 Å². The molecule has 1 aliphatic rings. The normalized spacial score (nSPS) is 14.5. The van der Waals surface area contributed by atoms with Crippen LogP contribution < -0.4 is 4.90 Å². The number of halogens is 1. The van der Waals surface area contributed by atoms with Crippen LogP contribution in [0.3, 0.4) is 0 Å². The lowest BCUT2D eigenvalue weighted by Crippen LogP contribution is -2.36. The van der Waals surface area contributed by atoms with Gasteiger partial charge in [0.05, 0.1) is 18.9 Å². The van der Waals surface area contributed by atoms with Crippen LogP contribution in [0.2, 0.25) is 5.02 Å². The lowest BCUT2D eigenvalue weighted by atomic mass is 10.1. The van der Waals surface area contributed by atoms with E-state index in [2.05, 4.69) is 9.88 Å². The first-order valence-electron chi connectivity index (χ1n) is 8.18. The molecule has 1 saturated heterocycles. The molecule has 0 unspecified atom stereocenters. The number of hydrogen-bond acceptors (Lipinski definition) is 5. The highest BCUT2D eigenvalue weighted by atomic mass is 35.5. The van der Waals surface area contributed by atoms with Crippen LogP contribution in [0, 0.1) is 0 Å². The Kier molecular flexibility index (Phi) is 4.59. The summed E-state index contributed by atoms with van der Waals surface area (Å²) >= 11 is 6.02. The number of anilines is 1. The molecule has 6 heteroatoms. The van der Waals surface area contributed by atoms with Crippen molar-refractivity contribution in [3.63, 3.8) is 0 Å². The van der Waals surface area contributed by atoms with Gasteiger partial charge < -0.3 is 9.64 Å².